The molecule has 0 aliphatic rings. The van der Waals surface area contributed by atoms with E-state index in [1.807, 2.05) is 0 Å². The van der Waals surface area contributed by atoms with Crippen LogP contribution in [0.2, 0.25) is 0 Å². The minimum Gasteiger partial charge on any atom is -0.393 e. The molecule has 2 heterocycles. The van der Waals surface area contributed by atoms with Gasteiger partial charge in [0.05, 0.1) is 18.7 Å². The molecular formula is C9H10N4O2. The summed E-state index contributed by atoms with van der Waals surface area (Å²) in [4.78, 5) is 12.0. The number of aliphatic hydroxyl groups excluding tert-OH is 1. The minimum atomic E-state index is -0.500. The highest BCUT2D eigenvalue weighted by Gasteiger charge is 2.11. The van der Waals surface area contributed by atoms with Gasteiger partial charge in [-0.2, -0.15) is 4.98 Å². The number of aromatic nitrogens is 4. The normalized spacial score (nSPS) is 12.7. The first-order valence-corrected chi connectivity index (χ1v) is 4.53. The van der Waals surface area contributed by atoms with Crippen LogP contribution in [0.1, 0.15) is 12.8 Å². The number of aliphatic hydroxyl groups is 1. The van der Waals surface area contributed by atoms with Crippen molar-refractivity contribution in [1.82, 2.24) is 20.1 Å². The van der Waals surface area contributed by atoms with Gasteiger partial charge in [0.25, 0.3) is 0 Å². The Balaban J connectivity index is 2.21. The number of hydrogen-bond donors (Lipinski definition) is 1. The molecule has 0 spiro atoms. The zero-order valence-electron chi connectivity index (χ0n) is 8.16. The lowest BCUT2D eigenvalue weighted by molar-refractivity contribution is 0.181. The third-order valence-corrected chi connectivity index (χ3v) is 1.73. The first-order valence-electron chi connectivity index (χ1n) is 4.53. The third-order valence-electron chi connectivity index (χ3n) is 1.73. The lowest BCUT2D eigenvalue weighted by Crippen LogP contribution is -2.04. The highest BCUT2D eigenvalue weighted by Crippen LogP contribution is 2.11. The van der Waals surface area contributed by atoms with E-state index in [0.29, 0.717) is 23.8 Å². The minimum absolute atomic E-state index is 0.341. The molecule has 2 aromatic rings. The van der Waals surface area contributed by atoms with E-state index < -0.39 is 6.10 Å². The van der Waals surface area contributed by atoms with Crippen LogP contribution in [0.4, 0.5) is 0 Å². The standard InChI is InChI=1S/C9H10N4O2/c1-6(14)4-8-12-9(13-15-8)7-5-10-2-3-11-7/h2-3,5-6,14H,4H2,1H3. The predicted molar refractivity (Wildman–Crippen MR) is 50.7 cm³/mol. The van der Waals surface area contributed by atoms with E-state index in [1.54, 1.807) is 25.5 Å². The van der Waals surface area contributed by atoms with Crippen LogP contribution in [0, 0.1) is 0 Å². The Morgan fingerprint density at radius 1 is 1.47 bits per heavy atom. The monoisotopic (exact) mass is 206 g/mol. The van der Waals surface area contributed by atoms with Crippen molar-refractivity contribution in [2.45, 2.75) is 19.4 Å². The molecule has 0 aliphatic heterocycles. The van der Waals surface area contributed by atoms with Crippen molar-refractivity contribution in [3.63, 3.8) is 0 Å². The van der Waals surface area contributed by atoms with Crippen LogP contribution in [0.25, 0.3) is 11.5 Å². The molecule has 0 saturated heterocycles. The van der Waals surface area contributed by atoms with Gasteiger partial charge in [-0.3, -0.25) is 4.98 Å². The van der Waals surface area contributed by atoms with Crippen molar-refractivity contribution >= 4 is 0 Å². The van der Waals surface area contributed by atoms with Gasteiger partial charge in [-0.05, 0) is 6.92 Å². The van der Waals surface area contributed by atoms with Crippen LogP contribution < -0.4 is 0 Å². The molecule has 0 bridgehead atoms. The highest BCUT2D eigenvalue weighted by molar-refractivity contribution is 5.45. The molecule has 0 aromatic carbocycles. The average molecular weight is 206 g/mol. The molecule has 1 N–H and O–H groups in total. The smallest absolute Gasteiger partial charge is 0.229 e. The second-order valence-electron chi connectivity index (χ2n) is 3.16. The Morgan fingerprint density at radius 3 is 3.00 bits per heavy atom. The Kier molecular flexibility index (Phi) is 2.68. The van der Waals surface area contributed by atoms with Gasteiger partial charge in [0.2, 0.25) is 11.7 Å². The van der Waals surface area contributed by atoms with Crippen molar-refractivity contribution in [2.24, 2.45) is 0 Å². The van der Waals surface area contributed by atoms with Gasteiger partial charge < -0.3 is 9.63 Å². The van der Waals surface area contributed by atoms with Gasteiger partial charge in [-0.15, -0.1) is 0 Å². The first-order chi connectivity index (χ1) is 7.25. The molecule has 1 atom stereocenters. The molecule has 1 unspecified atom stereocenters. The van der Waals surface area contributed by atoms with Gasteiger partial charge in [0, 0.05) is 12.4 Å². The van der Waals surface area contributed by atoms with E-state index in [1.165, 1.54) is 0 Å². The molecule has 0 aliphatic carbocycles. The van der Waals surface area contributed by atoms with E-state index in [2.05, 4.69) is 20.1 Å². The summed E-state index contributed by atoms with van der Waals surface area (Å²) in [5.41, 5.74) is 0.554. The molecule has 6 heteroatoms. The fraction of sp³-hybridized carbons (Fsp3) is 0.333. The summed E-state index contributed by atoms with van der Waals surface area (Å²) in [6, 6.07) is 0. The molecule has 0 saturated carbocycles. The topological polar surface area (TPSA) is 84.9 Å². The summed E-state index contributed by atoms with van der Waals surface area (Å²) >= 11 is 0. The quantitative estimate of drug-likeness (QED) is 0.784. The highest BCUT2D eigenvalue weighted by atomic mass is 16.5. The van der Waals surface area contributed by atoms with E-state index in [-0.39, 0.29) is 0 Å². The van der Waals surface area contributed by atoms with Gasteiger partial charge in [0.15, 0.2) is 0 Å². The molecule has 2 rings (SSSR count). The van der Waals surface area contributed by atoms with Crippen molar-refractivity contribution in [1.29, 1.82) is 0 Å². The lowest BCUT2D eigenvalue weighted by atomic mass is 10.3. The van der Waals surface area contributed by atoms with Crippen molar-refractivity contribution in [3.8, 4) is 11.5 Å². The lowest BCUT2D eigenvalue weighted by Gasteiger charge is -1.95. The summed E-state index contributed by atoms with van der Waals surface area (Å²) < 4.78 is 4.94. The SMILES string of the molecule is CC(O)Cc1nc(-c2cnccn2)no1. The van der Waals surface area contributed by atoms with Crippen molar-refractivity contribution in [2.75, 3.05) is 0 Å². The summed E-state index contributed by atoms with van der Waals surface area (Å²) in [6.07, 6.45) is 4.52. The average Bonchev–Trinajstić information content (AvgIpc) is 2.67. The van der Waals surface area contributed by atoms with E-state index in [4.69, 9.17) is 9.63 Å². The number of hydrogen-bond acceptors (Lipinski definition) is 6. The van der Waals surface area contributed by atoms with Crippen LogP contribution in [-0.2, 0) is 6.42 Å². The Labute approximate surface area is 86.0 Å². The van der Waals surface area contributed by atoms with Gasteiger partial charge in [-0.25, -0.2) is 4.98 Å². The van der Waals surface area contributed by atoms with Crippen LogP contribution in [0.15, 0.2) is 23.1 Å². The van der Waals surface area contributed by atoms with Crippen LogP contribution in [-0.4, -0.2) is 31.3 Å². The van der Waals surface area contributed by atoms with Gasteiger partial charge in [0.1, 0.15) is 5.69 Å². The molecule has 15 heavy (non-hydrogen) atoms. The molecule has 0 amide bonds. The molecule has 78 valence electrons. The van der Waals surface area contributed by atoms with Crippen LogP contribution >= 0.6 is 0 Å². The van der Waals surface area contributed by atoms with Crippen molar-refractivity contribution in [3.05, 3.63) is 24.5 Å². The molecule has 0 radical (unpaired) electrons. The van der Waals surface area contributed by atoms with Gasteiger partial charge >= 0.3 is 0 Å². The molecule has 6 nitrogen and oxygen atoms in total. The predicted octanol–water partition coefficient (Wildman–Crippen LogP) is 0.450. The molecular weight excluding hydrogens is 196 g/mol. The summed E-state index contributed by atoms with van der Waals surface area (Å²) in [5.74, 6) is 0.782. The third kappa shape index (κ3) is 2.35. The number of nitrogens with zero attached hydrogens (tertiary/aromatic N) is 4. The fourth-order valence-electron chi connectivity index (χ4n) is 1.11. The number of rotatable bonds is 3. The summed E-state index contributed by atoms with van der Waals surface area (Å²) in [6.45, 7) is 1.66. The Morgan fingerprint density at radius 2 is 2.33 bits per heavy atom. The maximum absolute atomic E-state index is 9.13. The second-order valence-corrected chi connectivity index (χ2v) is 3.16. The Bertz CT molecular complexity index is 427. The zero-order chi connectivity index (χ0) is 10.7. The molecule has 0 fully saturated rings. The van der Waals surface area contributed by atoms with Gasteiger partial charge in [-0.1, -0.05) is 5.16 Å². The summed E-state index contributed by atoms with van der Waals surface area (Å²) in [7, 11) is 0. The zero-order valence-corrected chi connectivity index (χ0v) is 8.16. The maximum atomic E-state index is 9.13. The largest absolute Gasteiger partial charge is 0.393 e. The van der Waals surface area contributed by atoms with Crippen LogP contribution in [0.5, 0.6) is 0 Å². The van der Waals surface area contributed by atoms with E-state index in [9.17, 15) is 0 Å². The second kappa shape index (κ2) is 4.14. The fourth-order valence-corrected chi connectivity index (χ4v) is 1.11. The summed E-state index contributed by atoms with van der Waals surface area (Å²) in [5, 5.41) is 12.9. The van der Waals surface area contributed by atoms with Crippen LogP contribution in [0.3, 0.4) is 0 Å². The molecule has 2 aromatic heterocycles. The van der Waals surface area contributed by atoms with Crippen molar-refractivity contribution < 1.29 is 9.63 Å². The Hall–Kier alpha value is -1.82. The van der Waals surface area contributed by atoms with E-state index in [0.717, 1.165) is 0 Å². The maximum Gasteiger partial charge on any atom is 0.229 e. The first kappa shape index (κ1) is 9.72. The van der Waals surface area contributed by atoms with E-state index >= 15 is 0 Å².